The molecule has 0 atom stereocenters. The average Bonchev–Trinajstić information content (AvgIpc) is 2.53. The molecule has 5 heteroatoms. The van der Waals surface area contributed by atoms with E-state index in [4.69, 9.17) is 11.6 Å². The molecule has 4 nitrogen and oxygen atoms in total. The summed E-state index contributed by atoms with van der Waals surface area (Å²) in [4.78, 5) is 7.95. The van der Waals surface area contributed by atoms with Crippen molar-refractivity contribution >= 4 is 11.6 Å². The van der Waals surface area contributed by atoms with Crippen molar-refractivity contribution in [2.75, 3.05) is 0 Å². The third-order valence-electron chi connectivity index (χ3n) is 1.54. The van der Waals surface area contributed by atoms with Crippen LogP contribution in [0.3, 0.4) is 0 Å². The minimum absolute atomic E-state index is 0.0253. The van der Waals surface area contributed by atoms with E-state index in [2.05, 4.69) is 19.6 Å². The van der Waals surface area contributed by atoms with E-state index in [9.17, 15) is 0 Å². The van der Waals surface area contributed by atoms with Crippen molar-refractivity contribution in [3.63, 3.8) is 0 Å². The minimum atomic E-state index is 0.0253. The van der Waals surface area contributed by atoms with Gasteiger partial charge in [-0.3, -0.25) is 4.98 Å². The standard InChI is InChI=1S/C8H6ClN3O/c1-5-2-3-6(10-4-5)7-11-8(9)13-12-7/h2-4H,1H3. The first-order valence-corrected chi connectivity index (χ1v) is 4.06. The SMILES string of the molecule is Cc1ccc(-c2noc(Cl)n2)nc1. The third-order valence-corrected chi connectivity index (χ3v) is 1.70. The number of aromatic nitrogens is 3. The van der Waals surface area contributed by atoms with Crippen LogP contribution < -0.4 is 0 Å². The van der Waals surface area contributed by atoms with E-state index < -0.39 is 0 Å². The van der Waals surface area contributed by atoms with E-state index in [1.807, 2.05) is 19.1 Å². The van der Waals surface area contributed by atoms with Gasteiger partial charge in [0.05, 0.1) is 0 Å². The van der Waals surface area contributed by atoms with Crippen LogP contribution in [0.2, 0.25) is 5.35 Å². The summed E-state index contributed by atoms with van der Waals surface area (Å²) in [6.45, 7) is 1.96. The van der Waals surface area contributed by atoms with Crippen molar-refractivity contribution in [3.05, 3.63) is 29.2 Å². The Labute approximate surface area is 79.6 Å². The van der Waals surface area contributed by atoms with Crippen LogP contribution in [0.25, 0.3) is 11.5 Å². The quantitative estimate of drug-likeness (QED) is 0.699. The smallest absolute Gasteiger partial charge is 0.320 e. The number of pyridine rings is 1. The fraction of sp³-hybridized carbons (Fsp3) is 0.125. The summed E-state index contributed by atoms with van der Waals surface area (Å²) in [6, 6.07) is 3.74. The molecule has 0 bridgehead atoms. The van der Waals surface area contributed by atoms with E-state index in [-0.39, 0.29) is 5.35 Å². The summed E-state index contributed by atoms with van der Waals surface area (Å²) in [5.74, 6) is 0.407. The largest absolute Gasteiger partial charge is 0.321 e. The number of hydrogen-bond donors (Lipinski definition) is 0. The highest BCUT2D eigenvalue weighted by Gasteiger charge is 2.06. The molecule has 0 unspecified atom stereocenters. The molecule has 0 fully saturated rings. The lowest BCUT2D eigenvalue weighted by Gasteiger charge is -1.92. The maximum Gasteiger partial charge on any atom is 0.320 e. The van der Waals surface area contributed by atoms with Crippen LogP contribution in [-0.2, 0) is 0 Å². The summed E-state index contributed by atoms with van der Waals surface area (Å²) in [7, 11) is 0. The Hall–Kier alpha value is -1.42. The molecule has 0 aliphatic rings. The Morgan fingerprint density at radius 1 is 1.38 bits per heavy atom. The molecular weight excluding hydrogens is 190 g/mol. The Bertz CT molecular complexity index is 410. The summed E-state index contributed by atoms with van der Waals surface area (Å²) in [5, 5.41) is 3.66. The van der Waals surface area contributed by atoms with Gasteiger partial charge >= 0.3 is 5.35 Å². The van der Waals surface area contributed by atoms with Gasteiger partial charge in [-0.05, 0) is 30.2 Å². The predicted molar refractivity (Wildman–Crippen MR) is 47.3 cm³/mol. The maximum atomic E-state index is 5.47. The molecule has 0 saturated carbocycles. The van der Waals surface area contributed by atoms with Crippen molar-refractivity contribution in [1.82, 2.24) is 15.1 Å². The third kappa shape index (κ3) is 1.67. The van der Waals surface area contributed by atoms with Crippen LogP contribution in [0.1, 0.15) is 5.56 Å². The van der Waals surface area contributed by atoms with Crippen LogP contribution >= 0.6 is 11.6 Å². The molecule has 0 aromatic carbocycles. The first-order chi connectivity index (χ1) is 6.25. The highest BCUT2D eigenvalue weighted by molar-refractivity contribution is 6.27. The lowest BCUT2D eigenvalue weighted by atomic mass is 10.3. The van der Waals surface area contributed by atoms with Gasteiger partial charge in [0.1, 0.15) is 5.69 Å². The van der Waals surface area contributed by atoms with Gasteiger partial charge in [-0.15, -0.1) is 0 Å². The summed E-state index contributed by atoms with van der Waals surface area (Å²) >= 11 is 5.47. The van der Waals surface area contributed by atoms with E-state index in [1.165, 1.54) is 0 Å². The predicted octanol–water partition coefficient (Wildman–Crippen LogP) is 2.09. The summed E-state index contributed by atoms with van der Waals surface area (Å²) < 4.78 is 4.61. The number of halogens is 1. The van der Waals surface area contributed by atoms with Crippen molar-refractivity contribution in [3.8, 4) is 11.5 Å². The Kier molecular flexibility index (Phi) is 1.98. The molecule has 0 radical (unpaired) electrons. The molecule has 0 N–H and O–H groups in total. The average molecular weight is 196 g/mol. The fourth-order valence-corrected chi connectivity index (χ4v) is 1.02. The summed E-state index contributed by atoms with van der Waals surface area (Å²) in [5.41, 5.74) is 1.74. The highest BCUT2D eigenvalue weighted by Crippen LogP contribution is 2.14. The molecule has 2 heterocycles. The second kappa shape index (κ2) is 3.14. The Morgan fingerprint density at radius 2 is 2.23 bits per heavy atom. The first kappa shape index (κ1) is 8.19. The number of aryl methyl sites for hydroxylation is 1. The van der Waals surface area contributed by atoms with Crippen LogP contribution in [0, 0.1) is 6.92 Å². The van der Waals surface area contributed by atoms with Crippen molar-refractivity contribution in [1.29, 1.82) is 0 Å². The highest BCUT2D eigenvalue weighted by atomic mass is 35.5. The Morgan fingerprint density at radius 3 is 2.77 bits per heavy atom. The zero-order valence-corrected chi connectivity index (χ0v) is 7.62. The van der Waals surface area contributed by atoms with E-state index in [0.29, 0.717) is 11.5 Å². The van der Waals surface area contributed by atoms with Gasteiger partial charge in [0.15, 0.2) is 0 Å². The van der Waals surface area contributed by atoms with Crippen molar-refractivity contribution in [2.45, 2.75) is 6.92 Å². The van der Waals surface area contributed by atoms with Gasteiger partial charge in [0.2, 0.25) is 5.82 Å². The van der Waals surface area contributed by atoms with Crippen LogP contribution in [0.15, 0.2) is 22.9 Å². The molecule has 2 aromatic heterocycles. The van der Waals surface area contributed by atoms with Gasteiger partial charge in [-0.2, -0.15) is 4.98 Å². The lowest BCUT2D eigenvalue weighted by Crippen LogP contribution is -1.85. The van der Waals surface area contributed by atoms with Gasteiger partial charge in [0, 0.05) is 6.20 Å². The molecule has 13 heavy (non-hydrogen) atoms. The number of rotatable bonds is 1. The zero-order valence-electron chi connectivity index (χ0n) is 6.86. The number of hydrogen-bond acceptors (Lipinski definition) is 4. The van der Waals surface area contributed by atoms with Crippen LogP contribution in [0.5, 0.6) is 0 Å². The van der Waals surface area contributed by atoms with E-state index in [0.717, 1.165) is 5.56 Å². The van der Waals surface area contributed by atoms with Crippen molar-refractivity contribution < 1.29 is 4.52 Å². The number of nitrogens with zero attached hydrogens (tertiary/aromatic N) is 3. The monoisotopic (exact) mass is 195 g/mol. The van der Waals surface area contributed by atoms with E-state index >= 15 is 0 Å². The second-order valence-corrected chi connectivity index (χ2v) is 2.92. The first-order valence-electron chi connectivity index (χ1n) is 3.68. The molecule has 0 amide bonds. The van der Waals surface area contributed by atoms with Gasteiger partial charge in [-0.1, -0.05) is 11.2 Å². The topological polar surface area (TPSA) is 51.8 Å². The fourth-order valence-electron chi connectivity index (χ4n) is 0.909. The Balaban J connectivity index is 2.41. The molecule has 0 aliphatic carbocycles. The molecule has 2 rings (SSSR count). The maximum absolute atomic E-state index is 5.47. The summed E-state index contributed by atoms with van der Waals surface area (Å²) in [6.07, 6.45) is 1.74. The lowest BCUT2D eigenvalue weighted by molar-refractivity contribution is 0.420. The molecule has 0 aliphatic heterocycles. The van der Waals surface area contributed by atoms with Gasteiger partial charge in [0.25, 0.3) is 0 Å². The molecule has 0 spiro atoms. The van der Waals surface area contributed by atoms with Gasteiger partial charge in [-0.25, -0.2) is 0 Å². The normalized spacial score (nSPS) is 10.3. The molecular formula is C8H6ClN3O. The van der Waals surface area contributed by atoms with E-state index in [1.54, 1.807) is 6.20 Å². The van der Waals surface area contributed by atoms with Crippen molar-refractivity contribution in [2.24, 2.45) is 0 Å². The molecule has 0 saturated heterocycles. The van der Waals surface area contributed by atoms with Crippen LogP contribution in [-0.4, -0.2) is 15.1 Å². The molecule has 2 aromatic rings. The van der Waals surface area contributed by atoms with Crippen LogP contribution in [0.4, 0.5) is 0 Å². The van der Waals surface area contributed by atoms with Gasteiger partial charge < -0.3 is 4.52 Å². The second-order valence-electron chi connectivity index (χ2n) is 2.59. The zero-order chi connectivity index (χ0) is 9.26. The molecule has 66 valence electrons. The minimum Gasteiger partial charge on any atom is -0.321 e.